The van der Waals surface area contributed by atoms with Crippen LogP contribution in [0.25, 0.3) is 11.1 Å². The summed E-state index contributed by atoms with van der Waals surface area (Å²) in [5.74, 6) is 0. The maximum Gasteiger partial charge on any atom is 0.311 e. The summed E-state index contributed by atoms with van der Waals surface area (Å²) in [5, 5.41) is 8.93. The molecule has 0 aromatic heterocycles. The Hall–Kier alpha value is -1.50. The summed E-state index contributed by atoms with van der Waals surface area (Å²) in [7, 11) is -5.36. The lowest BCUT2D eigenvalue weighted by molar-refractivity contribution is 0.391. The molecule has 0 aliphatic carbocycles. The highest BCUT2D eigenvalue weighted by Crippen LogP contribution is 2.25. The average Bonchev–Trinajstić information content (AvgIpc) is 2.59. The maximum absolute atomic E-state index is 8.93. The summed E-state index contributed by atoms with van der Waals surface area (Å²) in [6.45, 7) is 15.8. The van der Waals surface area contributed by atoms with Crippen molar-refractivity contribution < 1.29 is 8.23 Å². The molecule has 0 unspecified atom stereocenters. The Morgan fingerprint density at radius 1 is 0.759 bits per heavy atom. The predicted octanol–water partition coefficient (Wildman–Crippen LogP) is 6.93. The van der Waals surface area contributed by atoms with Crippen LogP contribution in [0.4, 0.5) is 0 Å². The Bertz CT molecular complexity index is 832. The largest absolute Gasteiger partial charge is 0.437 e. The van der Waals surface area contributed by atoms with Crippen LogP contribution in [0.15, 0.2) is 48.5 Å². The lowest BCUT2D eigenvalue weighted by Crippen LogP contribution is -2.51. The molecule has 0 amide bonds. The first-order valence-electron chi connectivity index (χ1n) is 10.4. The third-order valence-electron chi connectivity index (χ3n) is 4.62. The molecule has 29 heavy (non-hydrogen) atoms. The molecule has 0 N–H and O–H groups in total. The molecule has 0 radical (unpaired) electrons. The molecule has 156 valence electrons. The van der Waals surface area contributed by atoms with Gasteiger partial charge in [0, 0.05) is 0 Å². The number of benzene rings is 2. The second-order valence-electron chi connectivity index (χ2n) is 9.72. The van der Waals surface area contributed by atoms with Gasteiger partial charge in [-0.3, -0.25) is 0 Å². The van der Waals surface area contributed by atoms with E-state index in [0.717, 1.165) is 24.4 Å². The predicted molar refractivity (Wildman–Crippen MR) is 130 cm³/mol. The number of hydrogen-bond donors (Lipinski definition) is 0. The fourth-order valence-electron chi connectivity index (χ4n) is 3.79. The van der Waals surface area contributed by atoms with Gasteiger partial charge in [0.15, 0.2) is 16.6 Å². The van der Waals surface area contributed by atoms with Gasteiger partial charge in [-0.25, -0.2) is 0 Å². The van der Waals surface area contributed by atoms with Gasteiger partial charge in [0.05, 0.1) is 11.6 Å². The van der Waals surface area contributed by atoms with Crippen molar-refractivity contribution in [3.63, 3.8) is 0 Å². The molecule has 0 saturated carbocycles. The van der Waals surface area contributed by atoms with Crippen LogP contribution < -0.4 is 0 Å². The molecular weight excluding hydrogens is 407 g/mol. The van der Waals surface area contributed by atoms with E-state index in [4.69, 9.17) is 13.5 Å². The Morgan fingerprint density at radius 3 is 1.76 bits per heavy atom. The topological polar surface area (TPSA) is 42.2 Å². The summed E-state index contributed by atoms with van der Waals surface area (Å²) < 4.78 is 13.0. The Morgan fingerprint density at radius 2 is 1.28 bits per heavy atom. The van der Waals surface area contributed by atoms with Crippen LogP contribution >= 0.6 is 0 Å². The van der Waals surface area contributed by atoms with E-state index < -0.39 is 25.2 Å². The van der Waals surface area contributed by atoms with Crippen LogP contribution in [0.1, 0.15) is 17.5 Å². The first kappa shape index (κ1) is 23.8. The minimum Gasteiger partial charge on any atom is -0.437 e. The molecule has 2 aromatic rings. The van der Waals surface area contributed by atoms with E-state index in [1.807, 2.05) is 24.3 Å². The Kier molecular flexibility index (Phi) is 7.82. The van der Waals surface area contributed by atoms with E-state index in [2.05, 4.69) is 76.2 Å². The standard InChI is InChI=1S/C23H35NO2Si3/c1-27(2,3)25-29(6,7)26-28(4,5)18-8-9-20-10-14-22(15-11-20)23-16-12-21(19-24)13-17-23/h10-17H,8-9,18H2,1-7H3. The highest BCUT2D eigenvalue weighted by atomic mass is 28.5. The van der Waals surface area contributed by atoms with Crippen molar-refractivity contribution in [3.05, 3.63) is 59.7 Å². The van der Waals surface area contributed by atoms with Crippen LogP contribution in [0, 0.1) is 11.3 Å². The first-order valence-corrected chi connectivity index (χ1v) is 19.7. The van der Waals surface area contributed by atoms with Crippen molar-refractivity contribution in [3.8, 4) is 17.2 Å². The third kappa shape index (κ3) is 8.41. The lowest BCUT2D eigenvalue weighted by atomic mass is 10.0. The normalized spacial score (nSPS) is 12.6. The van der Waals surface area contributed by atoms with Crippen molar-refractivity contribution in [1.82, 2.24) is 0 Å². The molecule has 6 heteroatoms. The molecule has 0 bridgehead atoms. The second kappa shape index (κ2) is 9.54. The highest BCUT2D eigenvalue weighted by molar-refractivity contribution is 6.87. The van der Waals surface area contributed by atoms with Gasteiger partial charge in [-0.1, -0.05) is 36.4 Å². The minimum absolute atomic E-state index is 0.695. The fraction of sp³-hybridized carbons (Fsp3) is 0.435. The minimum atomic E-state index is -2.05. The summed E-state index contributed by atoms with van der Waals surface area (Å²) in [4.78, 5) is 0. The Balaban J connectivity index is 1.88. The molecule has 0 heterocycles. The van der Waals surface area contributed by atoms with Crippen molar-refractivity contribution in [2.45, 2.75) is 64.7 Å². The van der Waals surface area contributed by atoms with Crippen molar-refractivity contribution in [2.24, 2.45) is 0 Å². The SMILES string of the molecule is C[Si](C)(C)O[Si](C)(C)O[Si](C)(C)CCCc1ccc(-c2ccc(C#N)cc2)cc1. The van der Waals surface area contributed by atoms with Crippen molar-refractivity contribution in [2.75, 3.05) is 0 Å². The summed E-state index contributed by atoms with van der Waals surface area (Å²) in [6, 6.07) is 19.8. The number of aryl methyl sites for hydroxylation is 1. The van der Waals surface area contributed by atoms with E-state index >= 15 is 0 Å². The highest BCUT2D eigenvalue weighted by Gasteiger charge is 2.37. The van der Waals surface area contributed by atoms with Gasteiger partial charge < -0.3 is 8.23 Å². The molecule has 3 nitrogen and oxygen atoms in total. The fourth-order valence-corrected chi connectivity index (χ4v) is 17.0. The number of nitrogens with zero attached hydrogens (tertiary/aromatic N) is 1. The smallest absolute Gasteiger partial charge is 0.311 e. The van der Waals surface area contributed by atoms with Gasteiger partial charge in [-0.15, -0.1) is 0 Å². The lowest BCUT2D eigenvalue weighted by Gasteiger charge is -2.37. The van der Waals surface area contributed by atoms with E-state index in [9.17, 15) is 0 Å². The maximum atomic E-state index is 8.93. The van der Waals surface area contributed by atoms with E-state index in [0.29, 0.717) is 5.56 Å². The summed E-state index contributed by atoms with van der Waals surface area (Å²) in [5.41, 5.74) is 4.39. The second-order valence-corrected chi connectivity index (χ2v) is 22.4. The van der Waals surface area contributed by atoms with Crippen LogP contribution in [-0.2, 0) is 14.7 Å². The summed E-state index contributed by atoms with van der Waals surface area (Å²) >= 11 is 0. The summed E-state index contributed by atoms with van der Waals surface area (Å²) in [6.07, 6.45) is 2.22. The zero-order chi connectivity index (χ0) is 21.7. The number of hydrogen-bond acceptors (Lipinski definition) is 3. The van der Waals surface area contributed by atoms with Gasteiger partial charge in [0.25, 0.3) is 0 Å². The zero-order valence-corrected chi connectivity index (χ0v) is 22.0. The van der Waals surface area contributed by atoms with Gasteiger partial charge in [-0.2, -0.15) is 5.26 Å². The third-order valence-corrected chi connectivity index (χ3v) is 14.8. The van der Waals surface area contributed by atoms with Crippen molar-refractivity contribution >= 4 is 25.2 Å². The monoisotopic (exact) mass is 441 g/mol. The first-order chi connectivity index (χ1) is 13.4. The number of rotatable bonds is 9. The molecule has 0 fully saturated rings. The zero-order valence-electron chi connectivity index (χ0n) is 19.0. The van der Waals surface area contributed by atoms with Crippen LogP contribution in [0.5, 0.6) is 0 Å². The molecule has 0 saturated heterocycles. The average molecular weight is 442 g/mol. The van der Waals surface area contributed by atoms with Crippen molar-refractivity contribution in [1.29, 1.82) is 5.26 Å². The number of nitriles is 1. The molecule has 0 spiro atoms. The van der Waals surface area contributed by atoms with Crippen LogP contribution in [-0.4, -0.2) is 25.2 Å². The van der Waals surface area contributed by atoms with Crippen LogP contribution in [0.3, 0.4) is 0 Å². The van der Waals surface area contributed by atoms with Gasteiger partial charge in [0.1, 0.15) is 0 Å². The van der Waals surface area contributed by atoms with Gasteiger partial charge >= 0.3 is 8.56 Å². The molecule has 0 aliphatic rings. The molecule has 2 aromatic carbocycles. The molecular formula is C23H35NO2Si3. The molecule has 0 atom stereocenters. The van der Waals surface area contributed by atoms with E-state index in [1.54, 1.807) is 0 Å². The van der Waals surface area contributed by atoms with Crippen LogP contribution in [0.2, 0.25) is 51.9 Å². The van der Waals surface area contributed by atoms with E-state index in [-0.39, 0.29) is 0 Å². The van der Waals surface area contributed by atoms with Gasteiger partial charge in [0.2, 0.25) is 0 Å². The quantitative estimate of drug-likeness (QED) is 0.396. The molecule has 2 rings (SSSR count). The molecule has 0 aliphatic heterocycles. The van der Waals surface area contributed by atoms with Gasteiger partial charge in [-0.05, 0) is 93.5 Å². The Labute approximate surface area is 180 Å². The van der Waals surface area contributed by atoms with E-state index in [1.165, 1.54) is 11.1 Å².